The Morgan fingerprint density at radius 1 is 0.846 bits per heavy atom. The molecule has 0 spiro atoms. The molecule has 0 unspecified atom stereocenters. The van der Waals surface area contributed by atoms with Crippen LogP contribution in [0.4, 0.5) is 0 Å². The zero-order chi connectivity index (χ0) is 20.3. The second-order valence-corrected chi connectivity index (χ2v) is 10.3. The van der Waals surface area contributed by atoms with E-state index >= 15 is 0 Å². The molecule has 148 valence electrons. The van der Waals surface area contributed by atoms with Crippen LogP contribution < -0.4 is 4.65 Å². The molecule has 0 heterocycles. The predicted octanol–water partition coefficient (Wildman–Crippen LogP) is 5.75. The Kier molecular flexibility index (Phi) is 7.40. The van der Waals surface area contributed by atoms with Crippen LogP contribution in [0.3, 0.4) is 0 Å². The first-order valence-electron chi connectivity index (χ1n) is 9.84. The third-order valence-electron chi connectivity index (χ3n) is 4.46. The van der Waals surface area contributed by atoms with E-state index in [1.54, 1.807) is 0 Å². The lowest BCUT2D eigenvalue weighted by Crippen LogP contribution is -2.32. The van der Waals surface area contributed by atoms with Crippen molar-refractivity contribution in [2.45, 2.75) is 98.3 Å². The van der Waals surface area contributed by atoms with Crippen molar-refractivity contribution in [1.29, 1.82) is 0 Å². The Balaban J connectivity index is 3.49. The molecule has 1 aromatic rings. The molecule has 0 aliphatic carbocycles. The van der Waals surface area contributed by atoms with Crippen LogP contribution in [0.1, 0.15) is 98.8 Å². The molecule has 1 rings (SSSR count). The highest BCUT2D eigenvalue weighted by Gasteiger charge is 2.35. The van der Waals surface area contributed by atoms with Crippen LogP contribution in [-0.4, -0.2) is 19.0 Å². The lowest BCUT2D eigenvalue weighted by molar-refractivity contribution is 0.189. The molecular weight excluding hydrogens is 323 g/mol. The zero-order valence-corrected chi connectivity index (χ0v) is 18.6. The van der Waals surface area contributed by atoms with Gasteiger partial charge in [-0.25, -0.2) is 0 Å². The number of hydrogen-bond donors (Lipinski definition) is 1. The Hall–Kier alpha value is -0.995. The Bertz CT molecular complexity index is 589. The van der Waals surface area contributed by atoms with Gasteiger partial charge >= 0.3 is 7.32 Å². The van der Waals surface area contributed by atoms with E-state index in [4.69, 9.17) is 9.31 Å². The van der Waals surface area contributed by atoms with Gasteiger partial charge in [0.15, 0.2) is 0 Å². The van der Waals surface area contributed by atoms with E-state index in [9.17, 15) is 5.02 Å². The number of rotatable bonds is 6. The third kappa shape index (κ3) is 6.02. The average molecular weight is 362 g/mol. The van der Waals surface area contributed by atoms with E-state index in [1.807, 2.05) is 6.07 Å². The van der Waals surface area contributed by atoms with Gasteiger partial charge < -0.3 is 14.3 Å². The van der Waals surface area contributed by atoms with E-state index in [0.29, 0.717) is 12.4 Å². The van der Waals surface area contributed by atoms with Crippen LogP contribution in [-0.2, 0) is 20.9 Å². The fourth-order valence-corrected chi connectivity index (χ4v) is 3.30. The fraction of sp³-hybridized carbons (Fsp3) is 0.727. The quantitative estimate of drug-likeness (QED) is 0.517. The van der Waals surface area contributed by atoms with Crippen LogP contribution in [0.15, 0.2) is 12.1 Å². The first kappa shape index (κ1) is 23.0. The molecule has 0 saturated carbocycles. The van der Waals surface area contributed by atoms with Gasteiger partial charge in [-0.05, 0) is 39.9 Å². The summed E-state index contributed by atoms with van der Waals surface area (Å²) in [5.41, 5.74) is 3.63. The van der Waals surface area contributed by atoms with Crippen LogP contribution in [0.25, 0.3) is 0 Å². The Morgan fingerprint density at radius 2 is 1.38 bits per heavy atom. The highest BCUT2D eigenvalue weighted by Crippen LogP contribution is 2.45. The van der Waals surface area contributed by atoms with Crippen molar-refractivity contribution < 1.29 is 14.3 Å². The van der Waals surface area contributed by atoms with Gasteiger partial charge in [-0.15, -0.1) is 0 Å². The third-order valence-corrected chi connectivity index (χ3v) is 4.46. The van der Waals surface area contributed by atoms with Gasteiger partial charge in [0.2, 0.25) is 0 Å². The van der Waals surface area contributed by atoms with Gasteiger partial charge in [-0.3, -0.25) is 0 Å². The lowest BCUT2D eigenvalue weighted by atomic mass is 9.68. The Morgan fingerprint density at radius 3 is 1.81 bits per heavy atom. The normalized spacial score (nSPS) is 13.0. The minimum atomic E-state index is -1.24. The number of unbranched alkanes of at least 4 members (excludes halogenated alkanes) is 1. The maximum atomic E-state index is 10.2. The molecule has 26 heavy (non-hydrogen) atoms. The second-order valence-electron chi connectivity index (χ2n) is 10.3. The van der Waals surface area contributed by atoms with E-state index in [0.717, 1.165) is 18.4 Å². The first-order valence-corrected chi connectivity index (χ1v) is 9.84. The van der Waals surface area contributed by atoms with Crippen molar-refractivity contribution in [3.63, 3.8) is 0 Å². The van der Waals surface area contributed by atoms with Crippen molar-refractivity contribution in [3.05, 3.63) is 28.8 Å². The summed E-state index contributed by atoms with van der Waals surface area (Å²) < 4.78 is 11.3. The van der Waals surface area contributed by atoms with Crippen molar-refractivity contribution >= 4 is 7.32 Å². The minimum Gasteiger partial charge on any atom is -0.512 e. The van der Waals surface area contributed by atoms with Crippen molar-refractivity contribution in [3.8, 4) is 5.75 Å². The highest BCUT2D eigenvalue weighted by molar-refractivity contribution is 6.35. The molecule has 0 amide bonds. The summed E-state index contributed by atoms with van der Waals surface area (Å²) in [4.78, 5) is 0. The van der Waals surface area contributed by atoms with Crippen molar-refractivity contribution in [2.75, 3.05) is 6.61 Å². The van der Waals surface area contributed by atoms with E-state index in [1.165, 1.54) is 11.1 Å². The molecule has 0 aliphatic heterocycles. The monoisotopic (exact) mass is 362 g/mol. The standard InChI is InChI=1S/C22H39BO3/c1-11-12-15-25-23(24)26-17-14-13-16(20(2,3)4)18(21(5,6)7)19(17)22(8,9)10/h13-14,24H,11-12,15H2,1-10H3. The van der Waals surface area contributed by atoms with Crippen molar-refractivity contribution in [1.82, 2.24) is 0 Å². The summed E-state index contributed by atoms with van der Waals surface area (Å²) >= 11 is 0. The van der Waals surface area contributed by atoms with Crippen LogP contribution in [0, 0.1) is 0 Å². The molecule has 1 N–H and O–H groups in total. The molecule has 0 aromatic heterocycles. The largest absolute Gasteiger partial charge is 0.710 e. The van der Waals surface area contributed by atoms with Crippen LogP contribution in [0.2, 0.25) is 0 Å². The second kappa shape index (κ2) is 8.35. The molecule has 0 bridgehead atoms. The van der Waals surface area contributed by atoms with Crippen molar-refractivity contribution in [2.24, 2.45) is 0 Å². The summed E-state index contributed by atoms with van der Waals surface area (Å²) in [7, 11) is -1.24. The topological polar surface area (TPSA) is 38.7 Å². The molecule has 0 fully saturated rings. The fourth-order valence-electron chi connectivity index (χ4n) is 3.30. The van der Waals surface area contributed by atoms with Crippen LogP contribution >= 0.6 is 0 Å². The lowest BCUT2D eigenvalue weighted by Gasteiger charge is -2.37. The van der Waals surface area contributed by atoms with Gasteiger partial charge in [0, 0.05) is 12.2 Å². The first-order chi connectivity index (χ1) is 11.7. The summed E-state index contributed by atoms with van der Waals surface area (Å²) in [5, 5.41) is 10.2. The molecule has 0 aliphatic rings. The average Bonchev–Trinajstić information content (AvgIpc) is 2.43. The summed E-state index contributed by atoms with van der Waals surface area (Å²) in [5.74, 6) is 0.708. The molecule has 1 aromatic carbocycles. The predicted molar refractivity (Wildman–Crippen MR) is 112 cm³/mol. The maximum absolute atomic E-state index is 10.2. The van der Waals surface area contributed by atoms with Gasteiger partial charge in [0.25, 0.3) is 0 Å². The smallest absolute Gasteiger partial charge is 0.512 e. The zero-order valence-electron chi connectivity index (χ0n) is 18.6. The van der Waals surface area contributed by atoms with Gasteiger partial charge in [-0.2, -0.15) is 0 Å². The van der Waals surface area contributed by atoms with E-state index in [-0.39, 0.29) is 16.2 Å². The summed E-state index contributed by atoms with van der Waals surface area (Å²) in [6.45, 7) is 22.6. The van der Waals surface area contributed by atoms with Gasteiger partial charge in [0.1, 0.15) is 5.75 Å². The van der Waals surface area contributed by atoms with Gasteiger partial charge in [0.05, 0.1) is 0 Å². The van der Waals surface area contributed by atoms with E-state index < -0.39 is 7.32 Å². The molecular formula is C22H39BO3. The maximum Gasteiger partial charge on any atom is 0.710 e. The molecule has 0 radical (unpaired) electrons. The van der Waals surface area contributed by atoms with Gasteiger partial charge in [-0.1, -0.05) is 81.7 Å². The highest BCUT2D eigenvalue weighted by atomic mass is 16.7. The molecule has 3 nitrogen and oxygen atoms in total. The summed E-state index contributed by atoms with van der Waals surface area (Å²) in [6.07, 6.45) is 1.93. The molecule has 0 saturated heterocycles. The van der Waals surface area contributed by atoms with E-state index in [2.05, 4.69) is 75.3 Å². The Labute approximate surface area is 161 Å². The number of hydrogen-bond acceptors (Lipinski definition) is 3. The SMILES string of the molecule is CCCCOB(O)Oc1ccc(C(C)(C)C)c(C(C)(C)C)c1C(C)(C)C. The van der Waals surface area contributed by atoms with Crippen LogP contribution in [0.5, 0.6) is 5.75 Å². The molecule has 0 atom stereocenters. The molecule has 4 heteroatoms. The summed E-state index contributed by atoms with van der Waals surface area (Å²) in [6, 6.07) is 4.13. The number of benzene rings is 1. The minimum absolute atomic E-state index is 0.0252.